The van der Waals surface area contributed by atoms with E-state index in [4.69, 9.17) is 5.73 Å². The van der Waals surface area contributed by atoms with Crippen LogP contribution in [0.25, 0.3) is 0 Å². The maximum atomic E-state index is 12.0. The van der Waals surface area contributed by atoms with E-state index in [1.807, 2.05) is 11.0 Å². The zero-order chi connectivity index (χ0) is 17.5. The summed E-state index contributed by atoms with van der Waals surface area (Å²) in [6, 6.07) is 2.12. The highest BCUT2D eigenvalue weighted by atomic mass is 127. The highest BCUT2D eigenvalue weighted by molar-refractivity contribution is 14.0. The van der Waals surface area contributed by atoms with Gasteiger partial charge in [-0.15, -0.1) is 24.0 Å². The second kappa shape index (κ2) is 10.5. The Hall–Kier alpha value is -1.65. The van der Waals surface area contributed by atoms with E-state index in [9.17, 15) is 4.79 Å². The first-order valence-corrected chi connectivity index (χ1v) is 9.08. The summed E-state index contributed by atoms with van der Waals surface area (Å²) in [5.74, 6) is 1.14. The third kappa shape index (κ3) is 5.96. The number of amides is 1. The van der Waals surface area contributed by atoms with Crippen LogP contribution in [0.2, 0.25) is 0 Å². The van der Waals surface area contributed by atoms with Crippen molar-refractivity contribution in [3.63, 3.8) is 0 Å². The zero-order valence-corrected chi connectivity index (χ0v) is 17.3. The first kappa shape index (κ1) is 20.7. The van der Waals surface area contributed by atoms with E-state index >= 15 is 0 Å². The van der Waals surface area contributed by atoms with E-state index in [0.29, 0.717) is 12.0 Å². The lowest BCUT2D eigenvalue weighted by Gasteiger charge is -2.35. The van der Waals surface area contributed by atoms with E-state index in [2.05, 4.69) is 25.2 Å². The highest BCUT2D eigenvalue weighted by Crippen LogP contribution is 2.17. The first-order valence-electron chi connectivity index (χ1n) is 9.08. The summed E-state index contributed by atoms with van der Waals surface area (Å²) in [6.45, 7) is 3.17. The second-order valence-electron chi connectivity index (χ2n) is 6.60. The molecule has 1 aliphatic carbocycles. The number of anilines is 1. The van der Waals surface area contributed by atoms with E-state index in [1.165, 1.54) is 19.3 Å². The average molecular weight is 473 g/mol. The van der Waals surface area contributed by atoms with Crippen molar-refractivity contribution in [3.05, 3.63) is 18.5 Å². The normalized spacial score (nSPS) is 19.0. The molecule has 1 saturated carbocycles. The van der Waals surface area contributed by atoms with Crippen molar-refractivity contribution in [1.29, 1.82) is 0 Å². The summed E-state index contributed by atoms with van der Waals surface area (Å²) in [4.78, 5) is 29.0. The molecule has 8 nitrogen and oxygen atoms in total. The molecule has 0 aromatic carbocycles. The van der Waals surface area contributed by atoms with Crippen molar-refractivity contribution in [2.24, 2.45) is 10.7 Å². The Morgan fingerprint density at radius 2 is 1.81 bits per heavy atom. The number of rotatable bonds is 4. The largest absolute Gasteiger partial charge is 0.370 e. The molecular weight excluding hydrogens is 445 g/mol. The molecule has 2 aliphatic rings. The molecule has 9 heteroatoms. The van der Waals surface area contributed by atoms with Gasteiger partial charge in [0.2, 0.25) is 11.9 Å². The number of carbonyl (C=O) groups excluding carboxylic acids is 1. The Morgan fingerprint density at radius 1 is 1.15 bits per heavy atom. The van der Waals surface area contributed by atoms with Crippen LogP contribution in [0.3, 0.4) is 0 Å². The number of aliphatic imine (C=N–C) groups is 1. The Labute approximate surface area is 171 Å². The summed E-state index contributed by atoms with van der Waals surface area (Å²) in [5, 5.41) is 3.06. The molecule has 144 valence electrons. The van der Waals surface area contributed by atoms with Gasteiger partial charge in [0.05, 0.1) is 0 Å². The fourth-order valence-electron chi connectivity index (χ4n) is 3.36. The van der Waals surface area contributed by atoms with Gasteiger partial charge < -0.3 is 20.9 Å². The first-order chi connectivity index (χ1) is 12.2. The smallest absolute Gasteiger partial charge is 0.242 e. The number of carbonyl (C=O) groups is 1. The van der Waals surface area contributed by atoms with Crippen molar-refractivity contribution < 1.29 is 4.79 Å². The third-order valence-corrected chi connectivity index (χ3v) is 4.79. The van der Waals surface area contributed by atoms with E-state index < -0.39 is 0 Å². The molecule has 0 atom stereocenters. The van der Waals surface area contributed by atoms with Crippen LogP contribution in [0.4, 0.5) is 5.95 Å². The van der Waals surface area contributed by atoms with Crippen LogP contribution in [0.1, 0.15) is 32.1 Å². The summed E-state index contributed by atoms with van der Waals surface area (Å²) >= 11 is 0. The Morgan fingerprint density at radius 3 is 2.46 bits per heavy atom. The summed E-state index contributed by atoms with van der Waals surface area (Å²) < 4.78 is 0. The van der Waals surface area contributed by atoms with E-state index in [-0.39, 0.29) is 36.4 Å². The molecule has 3 rings (SSSR count). The van der Waals surface area contributed by atoms with Crippen LogP contribution in [0.15, 0.2) is 23.5 Å². The number of aromatic nitrogens is 2. The number of piperazine rings is 1. The van der Waals surface area contributed by atoms with Gasteiger partial charge in [-0.1, -0.05) is 19.3 Å². The van der Waals surface area contributed by atoms with Gasteiger partial charge in [0.15, 0.2) is 5.96 Å². The fourth-order valence-corrected chi connectivity index (χ4v) is 3.36. The molecule has 1 aliphatic heterocycles. The number of nitrogens with two attached hydrogens (primary N) is 1. The van der Waals surface area contributed by atoms with Crippen LogP contribution in [0, 0.1) is 0 Å². The van der Waals surface area contributed by atoms with Gasteiger partial charge in [-0.25, -0.2) is 15.0 Å². The van der Waals surface area contributed by atoms with Crippen molar-refractivity contribution in [2.75, 3.05) is 37.6 Å². The Bertz CT molecular complexity index is 584. The number of halogens is 1. The molecule has 0 bridgehead atoms. The van der Waals surface area contributed by atoms with E-state index in [1.54, 1.807) is 12.4 Å². The lowest BCUT2D eigenvalue weighted by atomic mass is 9.95. The van der Waals surface area contributed by atoms with Crippen LogP contribution in [0.5, 0.6) is 0 Å². The minimum absolute atomic E-state index is 0. The van der Waals surface area contributed by atoms with Gasteiger partial charge in [0.1, 0.15) is 6.54 Å². The van der Waals surface area contributed by atoms with Crippen molar-refractivity contribution >= 4 is 41.8 Å². The Kier molecular flexibility index (Phi) is 8.33. The highest BCUT2D eigenvalue weighted by Gasteiger charge is 2.20. The molecule has 1 aromatic rings. The molecule has 1 saturated heterocycles. The Balaban J connectivity index is 0.00000243. The molecule has 26 heavy (non-hydrogen) atoms. The molecular formula is C17H28IN7O. The maximum Gasteiger partial charge on any atom is 0.242 e. The van der Waals surface area contributed by atoms with Crippen LogP contribution in [-0.4, -0.2) is 65.5 Å². The molecule has 2 heterocycles. The lowest BCUT2D eigenvalue weighted by Crippen LogP contribution is -2.51. The number of nitrogens with zero attached hydrogens (tertiary/aromatic N) is 5. The van der Waals surface area contributed by atoms with E-state index in [0.717, 1.165) is 45.0 Å². The van der Waals surface area contributed by atoms with Gasteiger partial charge in [0.25, 0.3) is 0 Å². The van der Waals surface area contributed by atoms with Gasteiger partial charge in [-0.2, -0.15) is 0 Å². The van der Waals surface area contributed by atoms with Crippen LogP contribution >= 0.6 is 24.0 Å². The van der Waals surface area contributed by atoms with Gasteiger partial charge in [-0.05, 0) is 18.9 Å². The average Bonchev–Trinajstić information content (AvgIpc) is 2.68. The molecule has 1 aromatic heterocycles. The number of hydrogen-bond donors (Lipinski definition) is 2. The molecule has 2 fully saturated rings. The van der Waals surface area contributed by atoms with Crippen molar-refractivity contribution in [2.45, 2.75) is 38.1 Å². The van der Waals surface area contributed by atoms with Crippen molar-refractivity contribution in [1.82, 2.24) is 20.2 Å². The predicted molar refractivity (Wildman–Crippen MR) is 113 cm³/mol. The fraction of sp³-hybridized carbons (Fsp3) is 0.647. The monoisotopic (exact) mass is 473 g/mol. The number of hydrogen-bond acceptors (Lipinski definition) is 5. The minimum atomic E-state index is -0.0360. The third-order valence-electron chi connectivity index (χ3n) is 4.79. The predicted octanol–water partition coefficient (Wildman–Crippen LogP) is 0.980. The standard InChI is InChI=1S/C17H27N7O.HI/c18-16(21-13-15(25)22-14-5-2-1-3-6-14)23-9-11-24(12-10-23)17-19-7-4-8-20-17;/h4,7-8,14H,1-3,5-6,9-13H2,(H2,18,21)(H,22,25);1H. The molecule has 3 N–H and O–H groups in total. The van der Waals surface area contributed by atoms with Crippen molar-refractivity contribution in [3.8, 4) is 0 Å². The van der Waals surface area contributed by atoms with Crippen LogP contribution in [-0.2, 0) is 4.79 Å². The lowest BCUT2D eigenvalue weighted by molar-refractivity contribution is -0.120. The zero-order valence-electron chi connectivity index (χ0n) is 15.0. The van der Waals surface area contributed by atoms with Gasteiger partial charge >= 0.3 is 0 Å². The van der Waals surface area contributed by atoms with Gasteiger partial charge in [-0.3, -0.25) is 4.79 Å². The molecule has 0 radical (unpaired) electrons. The topological polar surface area (TPSA) is 99.7 Å². The quantitative estimate of drug-likeness (QED) is 0.384. The number of nitrogens with one attached hydrogen (secondary N) is 1. The molecule has 0 unspecified atom stereocenters. The SMILES string of the molecule is I.NC(=NCC(=O)NC1CCCCC1)N1CCN(c2ncccn2)CC1. The minimum Gasteiger partial charge on any atom is -0.370 e. The molecule has 1 amide bonds. The van der Waals surface area contributed by atoms with Crippen LogP contribution < -0.4 is 16.0 Å². The maximum absolute atomic E-state index is 12.0. The molecule has 0 spiro atoms. The van der Waals surface area contributed by atoms with Gasteiger partial charge in [0, 0.05) is 44.6 Å². The summed E-state index contributed by atoms with van der Waals surface area (Å²) in [6.07, 6.45) is 9.32. The summed E-state index contributed by atoms with van der Waals surface area (Å²) in [7, 11) is 0. The summed E-state index contributed by atoms with van der Waals surface area (Å²) in [5.41, 5.74) is 6.06. The second-order valence-corrected chi connectivity index (χ2v) is 6.60. The number of guanidine groups is 1.